The Morgan fingerprint density at radius 2 is 2.15 bits per heavy atom. The van der Waals surface area contributed by atoms with Crippen LogP contribution >= 0.6 is 0 Å². The molecule has 104 valence electrons. The average molecular weight is 271 g/mol. The largest absolute Gasteiger partial charge is 0.382 e. The van der Waals surface area contributed by atoms with Crippen molar-refractivity contribution >= 4 is 22.5 Å². The number of amides is 1. The van der Waals surface area contributed by atoms with Crippen molar-refractivity contribution < 1.29 is 4.79 Å². The van der Waals surface area contributed by atoms with E-state index >= 15 is 0 Å². The molecular formula is C15H17N3O2. The Kier molecular flexibility index (Phi) is 3.18. The molecule has 1 fully saturated rings. The van der Waals surface area contributed by atoms with Gasteiger partial charge in [-0.3, -0.25) is 9.59 Å². The smallest absolute Gasteiger partial charge is 0.252 e. The molecule has 0 bridgehead atoms. The number of para-hydroxylation sites is 1. The highest BCUT2D eigenvalue weighted by Crippen LogP contribution is 2.21. The number of carbonyl (C=O) groups is 1. The Balaban J connectivity index is 1.89. The number of fused-ring (bicyclic) bond motifs is 1. The fraction of sp³-hybridized carbons (Fsp3) is 0.333. The second-order valence-electron chi connectivity index (χ2n) is 5.16. The van der Waals surface area contributed by atoms with E-state index in [9.17, 15) is 9.59 Å². The van der Waals surface area contributed by atoms with Gasteiger partial charge in [0.05, 0.1) is 5.52 Å². The fourth-order valence-corrected chi connectivity index (χ4v) is 2.62. The summed E-state index contributed by atoms with van der Waals surface area (Å²) in [6.45, 7) is 0.642. The van der Waals surface area contributed by atoms with Gasteiger partial charge in [-0.2, -0.15) is 0 Å². The number of aryl methyl sites for hydroxylation is 1. The number of anilines is 1. The monoisotopic (exact) mass is 271 g/mol. The first kappa shape index (κ1) is 12.7. The molecule has 5 heteroatoms. The molecule has 2 heterocycles. The minimum atomic E-state index is -0.0401. The first-order valence-corrected chi connectivity index (χ1v) is 6.77. The molecule has 0 aliphatic carbocycles. The van der Waals surface area contributed by atoms with Gasteiger partial charge in [0.1, 0.15) is 0 Å². The van der Waals surface area contributed by atoms with Crippen LogP contribution in [-0.2, 0) is 11.8 Å². The van der Waals surface area contributed by atoms with Crippen molar-refractivity contribution in [3.05, 3.63) is 40.7 Å². The summed E-state index contributed by atoms with van der Waals surface area (Å²) in [6.07, 6.45) is 1.43. The number of aromatic nitrogens is 1. The van der Waals surface area contributed by atoms with Gasteiger partial charge in [-0.1, -0.05) is 18.2 Å². The summed E-state index contributed by atoms with van der Waals surface area (Å²) in [5.41, 5.74) is 1.68. The minimum Gasteiger partial charge on any atom is -0.382 e. The van der Waals surface area contributed by atoms with E-state index < -0.39 is 0 Å². The van der Waals surface area contributed by atoms with Gasteiger partial charge in [0.2, 0.25) is 5.91 Å². The van der Waals surface area contributed by atoms with Gasteiger partial charge in [0.25, 0.3) is 5.56 Å². The second kappa shape index (κ2) is 5.00. The van der Waals surface area contributed by atoms with Crippen molar-refractivity contribution in [3.63, 3.8) is 0 Å². The zero-order chi connectivity index (χ0) is 14.1. The molecule has 1 atom stereocenters. The number of benzene rings is 1. The lowest BCUT2D eigenvalue weighted by atomic mass is 10.1. The molecule has 1 aliphatic rings. The Morgan fingerprint density at radius 3 is 2.90 bits per heavy atom. The molecule has 0 spiro atoms. The van der Waals surface area contributed by atoms with Crippen LogP contribution in [0.25, 0.3) is 10.9 Å². The summed E-state index contributed by atoms with van der Waals surface area (Å²) >= 11 is 0. The van der Waals surface area contributed by atoms with Crippen molar-refractivity contribution in [3.8, 4) is 0 Å². The van der Waals surface area contributed by atoms with Crippen LogP contribution in [0, 0.1) is 0 Å². The quantitative estimate of drug-likeness (QED) is 0.882. The van der Waals surface area contributed by atoms with Crippen LogP contribution in [0.4, 0.5) is 5.69 Å². The molecule has 1 amide bonds. The fourth-order valence-electron chi connectivity index (χ4n) is 2.62. The summed E-state index contributed by atoms with van der Waals surface area (Å²) in [4.78, 5) is 23.1. The van der Waals surface area contributed by atoms with E-state index in [4.69, 9.17) is 0 Å². The van der Waals surface area contributed by atoms with Crippen molar-refractivity contribution in [2.75, 3.05) is 11.9 Å². The van der Waals surface area contributed by atoms with Gasteiger partial charge in [-0.25, -0.2) is 0 Å². The van der Waals surface area contributed by atoms with Crippen molar-refractivity contribution in [1.29, 1.82) is 0 Å². The molecule has 0 saturated carbocycles. The van der Waals surface area contributed by atoms with Gasteiger partial charge in [0, 0.05) is 43.2 Å². The van der Waals surface area contributed by atoms with Gasteiger partial charge in [0.15, 0.2) is 0 Å². The predicted octanol–water partition coefficient (Wildman–Crippen LogP) is 1.23. The molecule has 3 rings (SSSR count). The van der Waals surface area contributed by atoms with E-state index in [-0.39, 0.29) is 17.5 Å². The summed E-state index contributed by atoms with van der Waals surface area (Å²) in [5.74, 6) is 0.102. The Bertz CT molecular complexity index is 721. The highest BCUT2D eigenvalue weighted by Gasteiger charge is 2.20. The molecule has 5 nitrogen and oxygen atoms in total. The van der Waals surface area contributed by atoms with E-state index in [2.05, 4.69) is 10.6 Å². The molecule has 1 unspecified atom stereocenters. The topological polar surface area (TPSA) is 63.1 Å². The molecule has 2 aromatic rings. The SMILES string of the molecule is Cn1c(=O)cc(NCC2CCC(=O)N2)c2ccccc21. The molecule has 1 aromatic carbocycles. The van der Waals surface area contributed by atoms with E-state index in [1.54, 1.807) is 17.7 Å². The lowest BCUT2D eigenvalue weighted by Gasteiger charge is -2.15. The maximum atomic E-state index is 12.0. The van der Waals surface area contributed by atoms with Crippen LogP contribution in [0.2, 0.25) is 0 Å². The third-order valence-corrected chi connectivity index (χ3v) is 3.78. The lowest BCUT2D eigenvalue weighted by molar-refractivity contribution is -0.119. The number of hydrogen-bond donors (Lipinski definition) is 2. The number of nitrogens with zero attached hydrogens (tertiary/aromatic N) is 1. The molecule has 1 aliphatic heterocycles. The maximum Gasteiger partial charge on any atom is 0.252 e. The van der Waals surface area contributed by atoms with E-state index in [1.807, 2.05) is 24.3 Å². The van der Waals surface area contributed by atoms with Crippen molar-refractivity contribution in [2.24, 2.45) is 7.05 Å². The molecule has 0 radical (unpaired) electrons. The van der Waals surface area contributed by atoms with Gasteiger partial charge in [-0.15, -0.1) is 0 Å². The first-order valence-electron chi connectivity index (χ1n) is 6.77. The number of carbonyl (C=O) groups excluding carboxylic acids is 1. The van der Waals surface area contributed by atoms with Crippen LogP contribution in [0.3, 0.4) is 0 Å². The number of hydrogen-bond acceptors (Lipinski definition) is 3. The van der Waals surface area contributed by atoms with Crippen LogP contribution in [-0.4, -0.2) is 23.1 Å². The zero-order valence-electron chi connectivity index (χ0n) is 11.3. The third-order valence-electron chi connectivity index (χ3n) is 3.78. The number of pyridine rings is 1. The molecule has 2 N–H and O–H groups in total. The zero-order valence-corrected chi connectivity index (χ0v) is 11.3. The number of nitrogens with one attached hydrogen (secondary N) is 2. The van der Waals surface area contributed by atoms with Gasteiger partial charge >= 0.3 is 0 Å². The highest BCUT2D eigenvalue weighted by atomic mass is 16.2. The average Bonchev–Trinajstić information content (AvgIpc) is 2.87. The van der Waals surface area contributed by atoms with Gasteiger partial charge in [-0.05, 0) is 12.5 Å². The predicted molar refractivity (Wildman–Crippen MR) is 78.8 cm³/mol. The summed E-state index contributed by atoms with van der Waals surface area (Å²) < 4.78 is 1.64. The molecular weight excluding hydrogens is 254 g/mol. The number of rotatable bonds is 3. The standard InChI is InChI=1S/C15H17N3O2/c1-18-13-5-3-2-4-11(13)12(8-15(18)20)16-9-10-6-7-14(19)17-10/h2-5,8,10,16H,6-7,9H2,1H3,(H,17,19). The summed E-state index contributed by atoms with van der Waals surface area (Å²) in [5, 5.41) is 7.22. The Morgan fingerprint density at radius 1 is 1.35 bits per heavy atom. The van der Waals surface area contributed by atoms with Crippen LogP contribution < -0.4 is 16.2 Å². The lowest BCUT2D eigenvalue weighted by Crippen LogP contribution is -2.32. The Hall–Kier alpha value is -2.30. The minimum absolute atomic E-state index is 0.0401. The molecule has 1 saturated heterocycles. The van der Waals surface area contributed by atoms with E-state index in [0.717, 1.165) is 23.0 Å². The highest BCUT2D eigenvalue weighted by molar-refractivity contribution is 5.91. The first-order chi connectivity index (χ1) is 9.65. The van der Waals surface area contributed by atoms with Gasteiger partial charge < -0.3 is 15.2 Å². The van der Waals surface area contributed by atoms with E-state index in [1.165, 1.54) is 0 Å². The molecule has 1 aromatic heterocycles. The van der Waals surface area contributed by atoms with Crippen LogP contribution in [0.15, 0.2) is 35.1 Å². The van der Waals surface area contributed by atoms with Crippen LogP contribution in [0.5, 0.6) is 0 Å². The third kappa shape index (κ3) is 2.27. The second-order valence-corrected chi connectivity index (χ2v) is 5.16. The van der Waals surface area contributed by atoms with Crippen molar-refractivity contribution in [1.82, 2.24) is 9.88 Å². The summed E-state index contributed by atoms with van der Waals surface area (Å²) in [6, 6.07) is 9.55. The summed E-state index contributed by atoms with van der Waals surface area (Å²) in [7, 11) is 1.77. The maximum absolute atomic E-state index is 12.0. The Labute approximate surface area is 116 Å². The van der Waals surface area contributed by atoms with Crippen molar-refractivity contribution in [2.45, 2.75) is 18.9 Å². The van der Waals surface area contributed by atoms with Crippen LogP contribution in [0.1, 0.15) is 12.8 Å². The normalized spacial score (nSPS) is 18.2. The van der Waals surface area contributed by atoms with E-state index in [0.29, 0.717) is 13.0 Å². The molecule has 20 heavy (non-hydrogen) atoms.